The number of carbonyl (C=O) groups excluding carboxylic acids is 2. The van der Waals surface area contributed by atoms with Crippen molar-refractivity contribution in [2.24, 2.45) is 0 Å². The lowest BCUT2D eigenvalue weighted by Crippen LogP contribution is -2.35. The Balaban J connectivity index is 1.92. The Bertz CT molecular complexity index is 809. The minimum Gasteiger partial charge on any atom is -0.371 e. The maximum Gasteiger partial charge on any atom is 0.256 e. The summed E-state index contributed by atoms with van der Waals surface area (Å²) >= 11 is 0. The number of halogens is 1. The number of rotatable bonds is 3. The van der Waals surface area contributed by atoms with Crippen LogP contribution in [0.25, 0.3) is 0 Å². The number of benzene rings is 2. The van der Waals surface area contributed by atoms with Crippen molar-refractivity contribution in [1.82, 2.24) is 0 Å². The molecule has 3 rings (SSSR count). The Labute approximate surface area is 140 Å². The maximum atomic E-state index is 13.8. The Hall–Kier alpha value is -2.69. The summed E-state index contributed by atoms with van der Waals surface area (Å²) in [5, 5.41) is 2.85. The molecule has 0 unspecified atom stereocenters. The molecule has 1 aliphatic heterocycles. The molecule has 124 valence electrons. The molecule has 0 aliphatic carbocycles. The molecule has 24 heavy (non-hydrogen) atoms. The van der Waals surface area contributed by atoms with Crippen LogP contribution < -0.4 is 10.2 Å². The van der Waals surface area contributed by atoms with E-state index >= 15 is 0 Å². The van der Waals surface area contributed by atoms with E-state index in [-0.39, 0.29) is 23.9 Å². The third-order valence-electron chi connectivity index (χ3n) is 4.21. The van der Waals surface area contributed by atoms with Crippen LogP contribution in [-0.4, -0.2) is 17.9 Å². The van der Waals surface area contributed by atoms with Crippen LogP contribution >= 0.6 is 0 Å². The van der Waals surface area contributed by atoms with Crippen molar-refractivity contribution in [1.29, 1.82) is 0 Å². The molecule has 0 bridgehead atoms. The van der Waals surface area contributed by atoms with Crippen LogP contribution in [0.4, 0.5) is 15.8 Å². The van der Waals surface area contributed by atoms with E-state index in [0.29, 0.717) is 5.69 Å². The minimum absolute atomic E-state index is 0.0138. The van der Waals surface area contributed by atoms with Gasteiger partial charge in [-0.15, -0.1) is 0 Å². The standard InChI is InChI=1S/C19H19FN2O2/c1-11-8-12(2)18(13(3)9-11)22-17(23)10-16(19(22)24)21-15-7-5-4-6-14(15)20/h4-9,16,21H,10H2,1-3H3/t16-/m0/s1. The Kier molecular flexibility index (Phi) is 4.09. The summed E-state index contributed by atoms with van der Waals surface area (Å²) in [6.07, 6.45) is 0.0138. The quantitative estimate of drug-likeness (QED) is 0.878. The zero-order chi connectivity index (χ0) is 17.4. The Morgan fingerprint density at radius 3 is 2.33 bits per heavy atom. The molecule has 1 N–H and O–H groups in total. The highest BCUT2D eigenvalue weighted by molar-refractivity contribution is 6.23. The molecule has 2 aromatic carbocycles. The van der Waals surface area contributed by atoms with E-state index in [0.717, 1.165) is 16.7 Å². The van der Waals surface area contributed by atoms with Crippen molar-refractivity contribution in [3.63, 3.8) is 0 Å². The van der Waals surface area contributed by atoms with Gasteiger partial charge in [0.15, 0.2) is 0 Å². The highest BCUT2D eigenvalue weighted by Gasteiger charge is 2.41. The highest BCUT2D eigenvalue weighted by Crippen LogP contribution is 2.31. The van der Waals surface area contributed by atoms with Crippen LogP contribution in [0.15, 0.2) is 36.4 Å². The van der Waals surface area contributed by atoms with Gasteiger partial charge in [0.05, 0.1) is 17.8 Å². The lowest BCUT2D eigenvalue weighted by molar-refractivity contribution is -0.121. The fourth-order valence-electron chi connectivity index (χ4n) is 3.27. The van der Waals surface area contributed by atoms with Gasteiger partial charge in [-0.2, -0.15) is 0 Å². The van der Waals surface area contributed by atoms with Gasteiger partial charge in [0.1, 0.15) is 11.9 Å². The average Bonchev–Trinajstić information content (AvgIpc) is 2.76. The lowest BCUT2D eigenvalue weighted by atomic mass is 10.0. The fourth-order valence-corrected chi connectivity index (χ4v) is 3.27. The molecule has 0 spiro atoms. The van der Waals surface area contributed by atoms with Crippen LogP contribution in [0.1, 0.15) is 23.1 Å². The number of carbonyl (C=O) groups is 2. The van der Waals surface area contributed by atoms with E-state index in [1.165, 1.54) is 11.0 Å². The normalized spacial score (nSPS) is 17.5. The largest absolute Gasteiger partial charge is 0.371 e. The molecule has 0 radical (unpaired) electrons. The van der Waals surface area contributed by atoms with Crippen molar-refractivity contribution in [3.8, 4) is 0 Å². The lowest BCUT2D eigenvalue weighted by Gasteiger charge is -2.21. The second-order valence-electron chi connectivity index (χ2n) is 6.20. The number of hydrogen-bond donors (Lipinski definition) is 1. The molecule has 1 saturated heterocycles. The molecule has 1 fully saturated rings. The molecule has 4 nitrogen and oxygen atoms in total. The van der Waals surface area contributed by atoms with Gasteiger partial charge < -0.3 is 5.32 Å². The zero-order valence-electron chi connectivity index (χ0n) is 13.9. The molecule has 5 heteroatoms. The van der Waals surface area contributed by atoms with E-state index in [2.05, 4.69) is 5.32 Å². The predicted octanol–water partition coefficient (Wildman–Crippen LogP) is 3.49. The van der Waals surface area contributed by atoms with Crippen LogP contribution in [-0.2, 0) is 9.59 Å². The van der Waals surface area contributed by atoms with Gasteiger partial charge in [-0.1, -0.05) is 29.8 Å². The third-order valence-corrected chi connectivity index (χ3v) is 4.21. The fraction of sp³-hybridized carbons (Fsp3) is 0.263. The summed E-state index contributed by atoms with van der Waals surface area (Å²) in [4.78, 5) is 26.4. The molecule has 1 atom stereocenters. The topological polar surface area (TPSA) is 49.4 Å². The predicted molar refractivity (Wildman–Crippen MR) is 91.6 cm³/mol. The second kappa shape index (κ2) is 6.07. The van der Waals surface area contributed by atoms with Crippen molar-refractivity contribution >= 4 is 23.2 Å². The number of para-hydroxylation sites is 1. The summed E-state index contributed by atoms with van der Waals surface area (Å²) in [6, 6.07) is 9.26. The van der Waals surface area contributed by atoms with E-state index in [1.807, 2.05) is 32.9 Å². The number of imide groups is 1. The van der Waals surface area contributed by atoms with Gasteiger partial charge in [0.2, 0.25) is 5.91 Å². The van der Waals surface area contributed by atoms with Gasteiger partial charge in [-0.3, -0.25) is 9.59 Å². The third kappa shape index (κ3) is 2.77. The van der Waals surface area contributed by atoms with Crippen molar-refractivity contribution in [2.45, 2.75) is 33.2 Å². The number of aryl methyl sites for hydroxylation is 3. The number of nitrogens with zero attached hydrogens (tertiary/aromatic N) is 1. The molecule has 2 amide bonds. The SMILES string of the molecule is Cc1cc(C)c(N2C(=O)C[C@H](Nc3ccccc3F)C2=O)c(C)c1. The van der Waals surface area contributed by atoms with Gasteiger partial charge >= 0.3 is 0 Å². The Morgan fingerprint density at radius 1 is 1.08 bits per heavy atom. The molecular weight excluding hydrogens is 307 g/mol. The van der Waals surface area contributed by atoms with Crippen LogP contribution in [0.3, 0.4) is 0 Å². The summed E-state index contributed by atoms with van der Waals surface area (Å²) in [5.74, 6) is -1.07. The molecule has 1 heterocycles. The second-order valence-corrected chi connectivity index (χ2v) is 6.20. The smallest absolute Gasteiger partial charge is 0.256 e. The van der Waals surface area contributed by atoms with Crippen molar-refractivity contribution in [3.05, 3.63) is 58.9 Å². The van der Waals surface area contributed by atoms with Crippen LogP contribution in [0.5, 0.6) is 0 Å². The monoisotopic (exact) mass is 326 g/mol. The number of amides is 2. The number of anilines is 2. The van der Waals surface area contributed by atoms with E-state index in [1.54, 1.807) is 18.2 Å². The molecule has 0 saturated carbocycles. The van der Waals surface area contributed by atoms with E-state index in [4.69, 9.17) is 0 Å². The van der Waals surface area contributed by atoms with Gasteiger partial charge in [-0.25, -0.2) is 9.29 Å². The first kappa shape index (κ1) is 16.2. The van der Waals surface area contributed by atoms with E-state index < -0.39 is 11.9 Å². The summed E-state index contributed by atoms with van der Waals surface area (Å²) in [7, 11) is 0. The average molecular weight is 326 g/mol. The maximum absolute atomic E-state index is 13.8. The van der Waals surface area contributed by atoms with Crippen LogP contribution in [0, 0.1) is 26.6 Å². The molecule has 0 aromatic heterocycles. The molecular formula is C19H19FN2O2. The first-order chi connectivity index (χ1) is 11.4. The summed E-state index contributed by atoms with van der Waals surface area (Å²) in [5.41, 5.74) is 3.69. The zero-order valence-corrected chi connectivity index (χ0v) is 13.9. The first-order valence-corrected chi connectivity index (χ1v) is 7.84. The van der Waals surface area contributed by atoms with E-state index in [9.17, 15) is 14.0 Å². The van der Waals surface area contributed by atoms with Gasteiger partial charge in [0.25, 0.3) is 5.91 Å². The van der Waals surface area contributed by atoms with Gasteiger partial charge in [-0.05, 0) is 44.0 Å². The van der Waals surface area contributed by atoms with Crippen LogP contribution in [0.2, 0.25) is 0 Å². The first-order valence-electron chi connectivity index (χ1n) is 7.84. The minimum atomic E-state index is -0.755. The molecule has 2 aromatic rings. The number of nitrogens with one attached hydrogen (secondary N) is 1. The molecule has 1 aliphatic rings. The van der Waals surface area contributed by atoms with Crippen molar-refractivity contribution < 1.29 is 14.0 Å². The summed E-state index contributed by atoms with van der Waals surface area (Å²) in [6.45, 7) is 5.74. The van der Waals surface area contributed by atoms with Crippen molar-refractivity contribution in [2.75, 3.05) is 10.2 Å². The number of hydrogen-bond acceptors (Lipinski definition) is 3. The highest BCUT2D eigenvalue weighted by atomic mass is 19.1. The summed E-state index contributed by atoms with van der Waals surface area (Å²) < 4.78 is 13.8. The Morgan fingerprint density at radius 2 is 1.71 bits per heavy atom. The van der Waals surface area contributed by atoms with Gasteiger partial charge in [0, 0.05) is 0 Å².